The first kappa shape index (κ1) is 26.8. The van der Waals surface area contributed by atoms with Gasteiger partial charge in [-0.1, -0.05) is 0 Å². The predicted molar refractivity (Wildman–Crippen MR) is 132 cm³/mol. The zero-order valence-electron chi connectivity index (χ0n) is 21.8. The molecule has 1 atom stereocenters. The molecule has 35 heavy (non-hydrogen) atoms. The van der Waals surface area contributed by atoms with Crippen LogP contribution in [0.15, 0.2) is 18.2 Å². The van der Waals surface area contributed by atoms with E-state index in [1.165, 1.54) is 6.92 Å². The standard InChI is InChI=1S/C26H39N3O6/c1-18(30)27-21(16-35-25(2,3)4)24(32)29-14-11-26(17-29)9-12-28(13-10-26)23(31)20-15-19(33-5)7-8-22(20)34-6/h7-8,15,21H,9-14,16-17H2,1-6H3,(H,27,30). The van der Waals surface area contributed by atoms with E-state index in [0.29, 0.717) is 43.2 Å². The summed E-state index contributed by atoms with van der Waals surface area (Å²) < 4.78 is 16.5. The summed E-state index contributed by atoms with van der Waals surface area (Å²) in [5.41, 5.74) is 0.0629. The lowest BCUT2D eigenvalue weighted by Crippen LogP contribution is -2.51. The Morgan fingerprint density at radius 2 is 1.66 bits per heavy atom. The maximum absolute atomic E-state index is 13.3. The first-order valence-corrected chi connectivity index (χ1v) is 12.2. The molecule has 9 heteroatoms. The Labute approximate surface area is 208 Å². The van der Waals surface area contributed by atoms with Crippen LogP contribution in [0.25, 0.3) is 0 Å². The lowest BCUT2D eigenvalue weighted by Gasteiger charge is -2.39. The molecule has 1 unspecified atom stereocenters. The van der Waals surface area contributed by atoms with Crippen molar-refractivity contribution in [2.45, 2.75) is 58.6 Å². The zero-order valence-corrected chi connectivity index (χ0v) is 21.8. The molecule has 2 saturated heterocycles. The average Bonchev–Trinajstić information content (AvgIpc) is 3.23. The molecule has 1 aromatic rings. The van der Waals surface area contributed by atoms with Crippen molar-refractivity contribution in [2.24, 2.45) is 5.41 Å². The Hall–Kier alpha value is -2.81. The number of hydrogen-bond donors (Lipinski definition) is 1. The van der Waals surface area contributed by atoms with E-state index in [4.69, 9.17) is 14.2 Å². The maximum Gasteiger partial charge on any atom is 0.257 e. The lowest BCUT2D eigenvalue weighted by molar-refractivity contribution is -0.139. The van der Waals surface area contributed by atoms with Gasteiger partial charge >= 0.3 is 0 Å². The molecular weight excluding hydrogens is 450 g/mol. The summed E-state index contributed by atoms with van der Waals surface area (Å²) in [7, 11) is 3.12. The minimum absolute atomic E-state index is 0.0173. The van der Waals surface area contributed by atoms with Gasteiger partial charge in [0.25, 0.3) is 5.91 Å². The number of amides is 3. The van der Waals surface area contributed by atoms with Crippen molar-refractivity contribution >= 4 is 17.7 Å². The second kappa shape index (κ2) is 10.8. The number of nitrogens with zero attached hydrogens (tertiary/aromatic N) is 2. The minimum atomic E-state index is -0.705. The van der Waals surface area contributed by atoms with E-state index in [1.54, 1.807) is 32.4 Å². The largest absolute Gasteiger partial charge is 0.497 e. The van der Waals surface area contributed by atoms with Crippen LogP contribution >= 0.6 is 0 Å². The number of carbonyl (C=O) groups excluding carboxylic acids is 3. The Morgan fingerprint density at radius 1 is 1.03 bits per heavy atom. The molecule has 1 aromatic carbocycles. The molecule has 0 saturated carbocycles. The number of rotatable bonds is 7. The van der Waals surface area contributed by atoms with E-state index in [9.17, 15) is 14.4 Å². The van der Waals surface area contributed by atoms with Gasteiger partial charge in [0.15, 0.2) is 0 Å². The van der Waals surface area contributed by atoms with Gasteiger partial charge in [-0.15, -0.1) is 0 Å². The molecule has 9 nitrogen and oxygen atoms in total. The first-order valence-electron chi connectivity index (χ1n) is 12.2. The molecule has 1 spiro atoms. The van der Waals surface area contributed by atoms with Crippen LogP contribution < -0.4 is 14.8 Å². The van der Waals surface area contributed by atoms with Crippen LogP contribution in [0.4, 0.5) is 0 Å². The number of benzene rings is 1. The van der Waals surface area contributed by atoms with Gasteiger partial charge in [-0.2, -0.15) is 0 Å². The Bertz CT molecular complexity index is 934. The number of methoxy groups -OCH3 is 2. The molecule has 194 valence electrons. The lowest BCUT2D eigenvalue weighted by atomic mass is 9.77. The normalized spacial score (nSPS) is 18.3. The monoisotopic (exact) mass is 489 g/mol. The molecule has 2 aliphatic rings. The van der Waals surface area contributed by atoms with Gasteiger partial charge in [0.05, 0.1) is 32.0 Å². The quantitative estimate of drug-likeness (QED) is 0.632. The fraction of sp³-hybridized carbons (Fsp3) is 0.654. The highest BCUT2D eigenvalue weighted by molar-refractivity contribution is 5.97. The second-order valence-corrected chi connectivity index (χ2v) is 10.5. The molecule has 0 aliphatic carbocycles. The van der Waals surface area contributed by atoms with Crippen LogP contribution in [0.1, 0.15) is 57.3 Å². The van der Waals surface area contributed by atoms with Crippen molar-refractivity contribution in [3.63, 3.8) is 0 Å². The van der Waals surface area contributed by atoms with Gasteiger partial charge in [0.2, 0.25) is 11.8 Å². The first-order chi connectivity index (χ1) is 16.5. The molecule has 2 heterocycles. The topological polar surface area (TPSA) is 97.4 Å². The SMILES string of the molecule is COc1ccc(OC)c(C(=O)N2CCC3(CC2)CCN(C(=O)C(COC(C)(C)C)NC(C)=O)C3)c1. The van der Waals surface area contributed by atoms with E-state index in [-0.39, 0.29) is 29.7 Å². The Balaban J connectivity index is 1.62. The minimum Gasteiger partial charge on any atom is -0.497 e. The summed E-state index contributed by atoms with van der Waals surface area (Å²) in [4.78, 5) is 41.9. The summed E-state index contributed by atoms with van der Waals surface area (Å²) in [5.74, 6) is 0.689. The average molecular weight is 490 g/mol. The van der Waals surface area contributed by atoms with Gasteiger partial charge < -0.3 is 29.3 Å². The van der Waals surface area contributed by atoms with Crippen molar-refractivity contribution in [1.82, 2.24) is 15.1 Å². The highest BCUT2D eigenvalue weighted by Gasteiger charge is 2.44. The number of nitrogens with one attached hydrogen (secondary N) is 1. The highest BCUT2D eigenvalue weighted by atomic mass is 16.5. The zero-order chi connectivity index (χ0) is 25.8. The van der Waals surface area contributed by atoms with Gasteiger partial charge in [-0.25, -0.2) is 0 Å². The van der Waals surface area contributed by atoms with Crippen molar-refractivity contribution in [3.8, 4) is 11.5 Å². The summed E-state index contributed by atoms with van der Waals surface area (Å²) in [6.45, 7) is 9.80. The molecule has 2 aliphatic heterocycles. The number of carbonyl (C=O) groups is 3. The Kier molecular flexibility index (Phi) is 8.30. The molecule has 0 bridgehead atoms. The number of likely N-dealkylation sites (tertiary alicyclic amines) is 2. The van der Waals surface area contributed by atoms with E-state index in [1.807, 2.05) is 30.6 Å². The van der Waals surface area contributed by atoms with E-state index in [2.05, 4.69) is 5.32 Å². The van der Waals surface area contributed by atoms with Crippen LogP contribution in [-0.4, -0.2) is 86.2 Å². The molecule has 0 aromatic heterocycles. The third kappa shape index (κ3) is 6.66. The van der Waals surface area contributed by atoms with Crippen LogP contribution in [-0.2, 0) is 14.3 Å². The predicted octanol–water partition coefficient (Wildman–Crippen LogP) is 2.48. The summed E-state index contributed by atoms with van der Waals surface area (Å²) in [6.07, 6.45) is 2.52. The molecule has 3 rings (SSSR count). The van der Waals surface area contributed by atoms with E-state index in [0.717, 1.165) is 19.3 Å². The van der Waals surface area contributed by atoms with Crippen molar-refractivity contribution < 1.29 is 28.6 Å². The van der Waals surface area contributed by atoms with Gasteiger partial charge in [0.1, 0.15) is 17.5 Å². The maximum atomic E-state index is 13.3. The van der Waals surface area contributed by atoms with Crippen LogP contribution in [0, 0.1) is 5.41 Å². The molecule has 0 radical (unpaired) electrons. The third-order valence-corrected chi connectivity index (χ3v) is 6.86. The van der Waals surface area contributed by atoms with Crippen molar-refractivity contribution in [1.29, 1.82) is 0 Å². The molecular formula is C26H39N3O6. The summed E-state index contributed by atoms with van der Waals surface area (Å²) in [6, 6.07) is 4.52. The van der Waals surface area contributed by atoms with Crippen molar-refractivity contribution in [2.75, 3.05) is 47.0 Å². The second-order valence-electron chi connectivity index (χ2n) is 10.5. The summed E-state index contributed by atoms with van der Waals surface area (Å²) >= 11 is 0. The smallest absolute Gasteiger partial charge is 0.257 e. The van der Waals surface area contributed by atoms with Crippen molar-refractivity contribution in [3.05, 3.63) is 23.8 Å². The number of hydrogen-bond acceptors (Lipinski definition) is 6. The van der Waals surface area contributed by atoms with Gasteiger partial charge in [0, 0.05) is 33.1 Å². The third-order valence-electron chi connectivity index (χ3n) is 6.86. The molecule has 3 amide bonds. The van der Waals surface area contributed by atoms with Gasteiger partial charge in [-0.05, 0) is 63.6 Å². The van der Waals surface area contributed by atoms with E-state index >= 15 is 0 Å². The van der Waals surface area contributed by atoms with Crippen LogP contribution in [0.2, 0.25) is 0 Å². The summed E-state index contributed by atoms with van der Waals surface area (Å²) in [5, 5.41) is 2.75. The van der Waals surface area contributed by atoms with Crippen LogP contribution in [0.5, 0.6) is 11.5 Å². The fourth-order valence-electron chi connectivity index (χ4n) is 4.84. The molecule has 1 N–H and O–H groups in total. The van der Waals surface area contributed by atoms with Gasteiger partial charge in [-0.3, -0.25) is 14.4 Å². The number of piperidine rings is 1. The fourth-order valence-corrected chi connectivity index (χ4v) is 4.84. The molecule has 2 fully saturated rings. The van der Waals surface area contributed by atoms with Crippen LogP contribution in [0.3, 0.4) is 0 Å². The number of ether oxygens (including phenoxy) is 3. The highest BCUT2D eigenvalue weighted by Crippen LogP contribution is 2.41. The van der Waals surface area contributed by atoms with E-state index < -0.39 is 11.6 Å². The Morgan fingerprint density at radius 3 is 2.20 bits per heavy atom.